The van der Waals surface area contributed by atoms with Gasteiger partial charge in [0.15, 0.2) is 0 Å². The Morgan fingerprint density at radius 2 is 1.75 bits per heavy atom. The van der Waals surface area contributed by atoms with E-state index < -0.39 is 10.1 Å². The van der Waals surface area contributed by atoms with Crippen LogP contribution in [0.4, 0.5) is 5.69 Å². The van der Waals surface area contributed by atoms with Crippen LogP contribution in [0.3, 0.4) is 0 Å². The molecule has 1 aromatic heterocycles. The van der Waals surface area contributed by atoms with Crippen LogP contribution >= 0.6 is 0 Å². The zero-order valence-corrected chi connectivity index (χ0v) is 13.9. The molecule has 3 aromatic rings. The molecule has 0 unspecified atom stereocenters. The Kier molecular flexibility index (Phi) is 3.58. The van der Waals surface area contributed by atoms with Crippen molar-refractivity contribution in [1.82, 2.24) is 4.98 Å². The summed E-state index contributed by atoms with van der Waals surface area (Å²) < 4.78 is 32.5. The smallest absolute Gasteiger partial charge is 0.294 e. The van der Waals surface area contributed by atoms with E-state index in [9.17, 15) is 13.0 Å². The van der Waals surface area contributed by atoms with E-state index in [1.807, 2.05) is 30.3 Å². The third-order valence-electron chi connectivity index (χ3n) is 4.53. The van der Waals surface area contributed by atoms with Gasteiger partial charge in [-0.15, -0.1) is 0 Å². The van der Waals surface area contributed by atoms with Gasteiger partial charge in [0.2, 0.25) is 0 Å². The molecule has 0 atom stereocenters. The van der Waals surface area contributed by atoms with Gasteiger partial charge < -0.3 is 9.88 Å². The van der Waals surface area contributed by atoms with Crippen molar-refractivity contribution >= 4 is 26.7 Å². The highest BCUT2D eigenvalue weighted by atomic mass is 32.2. The van der Waals surface area contributed by atoms with E-state index in [-0.39, 0.29) is 4.90 Å². The van der Waals surface area contributed by atoms with Crippen molar-refractivity contribution in [3.63, 3.8) is 0 Å². The highest BCUT2D eigenvalue weighted by molar-refractivity contribution is 7.85. The number of hydrogen-bond donors (Lipinski definition) is 2. The second-order valence-electron chi connectivity index (χ2n) is 6.12. The molecule has 0 aliphatic carbocycles. The number of anilines is 1. The molecule has 4 rings (SSSR count). The molecular formula is C18H18N2O3S. The summed E-state index contributed by atoms with van der Waals surface area (Å²) in [7, 11) is -4.24. The first-order valence-electron chi connectivity index (χ1n) is 7.97. The molecular weight excluding hydrogens is 324 g/mol. The first kappa shape index (κ1) is 15.2. The zero-order valence-electron chi connectivity index (χ0n) is 13.1. The van der Waals surface area contributed by atoms with Gasteiger partial charge in [0.1, 0.15) is 0 Å². The largest absolute Gasteiger partial charge is 0.371 e. The van der Waals surface area contributed by atoms with E-state index in [0.29, 0.717) is 0 Å². The van der Waals surface area contributed by atoms with Crippen molar-refractivity contribution in [2.45, 2.75) is 17.7 Å². The summed E-state index contributed by atoms with van der Waals surface area (Å²) in [6.07, 6.45) is 2.26. The van der Waals surface area contributed by atoms with Crippen LogP contribution in [0.25, 0.3) is 22.2 Å². The minimum absolute atomic E-state index is 0.0842. The molecule has 2 N–H and O–H groups in total. The summed E-state index contributed by atoms with van der Waals surface area (Å²) in [4.78, 5) is 5.53. The molecule has 0 saturated carbocycles. The summed E-state index contributed by atoms with van der Waals surface area (Å²) in [5.74, 6) is 0. The van der Waals surface area contributed by atoms with Gasteiger partial charge in [0, 0.05) is 40.9 Å². The van der Waals surface area contributed by atoms with Crippen molar-refractivity contribution in [2.24, 2.45) is 0 Å². The number of H-pyrrole nitrogens is 1. The Bertz CT molecular complexity index is 969. The van der Waals surface area contributed by atoms with E-state index >= 15 is 0 Å². The summed E-state index contributed by atoms with van der Waals surface area (Å²) in [5, 5.41) is 1.07. The van der Waals surface area contributed by atoms with Gasteiger partial charge in [-0.05, 0) is 43.2 Å². The molecule has 0 amide bonds. The average Bonchev–Trinajstić information content (AvgIpc) is 3.22. The number of aromatic nitrogens is 1. The third-order valence-corrected chi connectivity index (χ3v) is 5.38. The number of benzene rings is 2. The number of para-hydroxylation sites is 1. The predicted octanol–water partition coefficient (Wildman–Crippen LogP) is 3.68. The second-order valence-corrected chi connectivity index (χ2v) is 7.54. The number of fused-ring (bicyclic) bond motifs is 1. The number of nitrogens with zero attached hydrogens (tertiary/aromatic N) is 1. The molecule has 1 aliphatic rings. The Morgan fingerprint density at radius 3 is 2.46 bits per heavy atom. The Balaban J connectivity index is 1.92. The minimum atomic E-state index is -4.24. The van der Waals surface area contributed by atoms with Gasteiger partial charge in [-0.25, -0.2) is 0 Å². The number of nitrogens with one attached hydrogen (secondary N) is 1. The quantitative estimate of drug-likeness (QED) is 0.712. The SMILES string of the molecule is O=S(=O)(O)c1ccc(N2CCCC2)c(-c2cc3ccccc3[nH]2)c1. The highest BCUT2D eigenvalue weighted by Gasteiger charge is 2.20. The number of rotatable bonds is 3. The maximum Gasteiger partial charge on any atom is 0.294 e. The third kappa shape index (κ3) is 2.68. The lowest BCUT2D eigenvalue weighted by Gasteiger charge is -2.21. The first-order chi connectivity index (χ1) is 11.5. The lowest BCUT2D eigenvalue weighted by molar-refractivity contribution is 0.483. The molecule has 2 aromatic carbocycles. The standard InChI is InChI=1S/C18H18N2O3S/c21-24(22,23)14-7-8-18(20-9-3-4-10-20)15(12-14)17-11-13-5-1-2-6-16(13)19-17/h1-2,5-8,11-12,19H,3-4,9-10H2,(H,21,22,23). The maximum atomic E-state index is 11.6. The van der Waals surface area contributed by atoms with Crippen LogP contribution in [-0.4, -0.2) is 31.0 Å². The van der Waals surface area contributed by atoms with E-state index in [4.69, 9.17) is 0 Å². The van der Waals surface area contributed by atoms with Crippen molar-refractivity contribution in [3.05, 3.63) is 48.5 Å². The van der Waals surface area contributed by atoms with Gasteiger partial charge >= 0.3 is 0 Å². The molecule has 2 heterocycles. The van der Waals surface area contributed by atoms with Crippen molar-refractivity contribution in [1.29, 1.82) is 0 Å². The fourth-order valence-electron chi connectivity index (χ4n) is 3.34. The highest BCUT2D eigenvalue weighted by Crippen LogP contribution is 2.35. The van der Waals surface area contributed by atoms with Gasteiger partial charge in [0.05, 0.1) is 4.90 Å². The second kappa shape index (κ2) is 5.65. The molecule has 0 bridgehead atoms. The summed E-state index contributed by atoms with van der Waals surface area (Å²) in [6.45, 7) is 1.91. The van der Waals surface area contributed by atoms with Crippen LogP contribution in [-0.2, 0) is 10.1 Å². The molecule has 24 heavy (non-hydrogen) atoms. The van der Waals surface area contributed by atoms with Crippen LogP contribution in [0, 0.1) is 0 Å². The molecule has 1 fully saturated rings. The normalized spacial score (nSPS) is 15.3. The van der Waals surface area contributed by atoms with Crippen molar-refractivity contribution < 1.29 is 13.0 Å². The average molecular weight is 342 g/mol. The topological polar surface area (TPSA) is 73.4 Å². The fourth-order valence-corrected chi connectivity index (χ4v) is 3.85. The molecule has 124 valence electrons. The van der Waals surface area contributed by atoms with Crippen LogP contribution < -0.4 is 4.90 Å². The molecule has 6 heteroatoms. The lowest BCUT2D eigenvalue weighted by atomic mass is 10.1. The van der Waals surface area contributed by atoms with Gasteiger partial charge in [-0.1, -0.05) is 18.2 Å². The zero-order chi connectivity index (χ0) is 16.7. The van der Waals surface area contributed by atoms with Crippen molar-refractivity contribution in [2.75, 3.05) is 18.0 Å². The van der Waals surface area contributed by atoms with Crippen LogP contribution in [0.1, 0.15) is 12.8 Å². The Labute approximate surface area is 140 Å². The van der Waals surface area contributed by atoms with E-state index in [1.54, 1.807) is 12.1 Å². The molecule has 0 radical (unpaired) electrons. The monoisotopic (exact) mass is 342 g/mol. The summed E-state index contributed by atoms with van der Waals surface area (Å²) >= 11 is 0. The van der Waals surface area contributed by atoms with E-state index in [0.717, 1.165) is 53.8 Å². The minimum Gasteiger partial charge on any atom is -0.371 e. The van der Waals surface area contributed by atoms with E-state index in [2.05, 4.69) is 9.88 Å². The van der Waals surface area contributed by atoms with Crippen LogP contribution in [0.2, 0.25) is 0 Å². The van der Waals surface area contributed by atoms with Crippen LogP contribution in [0.5, 0.6) is 0 Å². The number of hydrogen-bond acceptors (Lipinski definition) is 3. The lowest BCUT2D eigenvalue weighted by Crippen LogP contribution is -2.18. The Morgan fingerprint density at radius 1 is 1.00 bits per heavy atom. The van der Waals surface area contributed by atoms with Gasteiger partial charge in [0.25, 0.3) is 10.1 Å². The fraction of sp³-hybridized carbons (Fsp3) is 0.222. The number of aromatic amines is 1. The Hall–Kier alpha value is -2.31. The van der Waals surface area contributed by atoms with Crippen LogP contribution in [0.15, 0.2) is 53.4 Å². The first-order valence-corrected chi connectivity index (χ1v) is 9.41. The molecule has 1 saturated heterocycles. The predicted molar refractivity (Wildman–Crippen MR) is 95.0 cm³/mol. The van der Waals surface area contributed by atoms with Crippen molar-refractivity contribution in [3.8, 4) is 11.3 Å². The van der Waals surface area contributed by atoms with Gasteiger partial charge in [-0.2, -0.15) is 8.42 Å². The molecule has 1 aliphatic heterocycles. The molecule has 5 nitrogen and oxygen atoms in total. The molecule has 0 spiro atoms. The van der Waals surface area contributed by atoms with E-state index in [1.165, 1.54) is 6.07 Å². The summed E-state index contributed by atoms with van der Waals surface area (Å²) in [5.41, 5.74) is 3.63. The van der Waals surface area contributed by atoms with Gasteiger partial charge in [-0.3, -0.25) is 4.55 Å². The summed E-state index contributed by atoms with van der Waals surface area (Å²) in [6, 6.07) is 14.7. The maximum absolute atomic E-state index is 11.6.